The second-order valence-corrected chi connectivity index (χ2v) is 5.09. The maximum Gasteiger partial charge on any atom is 0.338 e. The number of carbonyl (C=O) groups excluding carboxylic acids is 2. The number of esters is 1. The van der Waals surface area contributed by atoms with Gasteiger partial charge in [0.2, 0.25) is 0 Å². The summed E-state index contributed by atoms with van der Waals surface area (Å²) in [5.74, 6) is -2.90. The van der Waals surface area contributed by atoms with E-state index in [4.69, 9.17) is 10.00 Å². The largest absolute Gasteiger partial charge is 0.462 e. The molecule has 1 N–H and O–H groups in total. The number of hydrogen-bond donors (Lipinski definition) is 1. The fraction of sp³-hybridized carbons (Fsp3) is 0.105. The number of amides is 1. The molecular weight excluding hydrogens is 342 g/mol. The molecule has 0 aliphatic rings. The standard InChI is InChI=1S/C19H14F2N2O3/c1-2-26-19(25)12-4-7-16(8-5-12)23-18(24)14(11-22)9-13-3-6-15(20)10-17(13)21/h3-10H,2H2,1H3,(H,23,24)/b14-9+. The van der Waals surface area contributed by atoms with E-state index in [-0.39, 0.29) is 17.7 Å². The minimum atomic E-state index is -0.885. The Balaban J connectivity index is 2.15. The molecule has 0 saturated heterocycles. The molecule has 0 fully saturated rings. The van der Waals surface area contributed by atoms with E-state index in [1.807, 2.05) is 0 Å². The zero-order valence-electron chi connectivity index (χ0n) is 13.8. The van der Waals surface area contributed by atoms with Gasteiger partial charge in [-0.2, -0.15) is 5.26 Å². The summed E-state index contributed by atoms with van der Waals surface area (Å²) in [6.45, 7) is 1.93. The van der Waals surface area contributed by atoms with E-state index in [2.05, 4.69) is 5.32 Å². The summed E-state index contributed by atoms with van der Waals surface area (Å²) in [5, 5.41) is 11.6. The molecule has 0 aliphatic heterocycles. The van der Waals surface area contributed by atoms with Crippen molar-refractivity contribution in [3.63, 3.8) is 0 Å². The second-order valence-electron chi connectivity index (χ2n) is 5.09. The van der Waals surface area contributed by atoms with Crippen LogP contribution >= 0.6 is 0 Å². The predicted molar refractivity (Wildman–Crippen MR) is 91.0 cm³/mol. The van der Waals surface area contributed by atoms with Crippen molar-refractivity contribution in [3.8, 4) is 6.07 Å². The van der Waals surface area contributed by atoms with Gasteiger partial charge in [-0.05, 0) is 49.4 Å². The average Bonchev–Trinajstić information content (AvgIpc) is 2.62. The van der Waals surface area contributed by atoms with Gasteiger partial charge in [0.05, 0.1) is 12.2 Å². The molecule has 0 aromatic heterocycles. The molecule has 0 radical (unpaired) electrons. The van der Waals surface area contributed by atoms with Gasteiger partial charge >= 0.3 is 5.97 Å². The van der Waals surface area contributed by atoms with Crippen molar-refractivity contribution in [1.82, 2.24) is 0 Å². The quantitative estimate of drug-likeness (QED) is 0.503. The summed E-state index contributed by atoms with van der Waals surface area (Å²) in [6.07, 6.45) is 1.02. The van der Waals surface area contributed by atoms with Gasteiger partial charge in [0.15, 0.2) is 0 Å². The van der Waals surface area contributed by atoms with Gasteiger partial charge in [0.25, 0.3) is 5.91 Å². The van der Waals surface area contributed by atoms with Gasteiger partial charge in [0.1, 0.15) is 23.3 Å². The molecule has 2 aromatic rings. The average molecular weight is 356 g/mol. The first-order valence-electron chi connectivity index (χ1n) is 7.60. The zero-order chi connectivity index (χ0) is 19.1. The molecular formula is C19H14F2N2O3. The third-order valence-electron chi connectivity index (χ3n) is 3.28. The predicted octanol–water partition coefficient (Wildman–Crippen LogP) is 3.69. The molecule has 0 aliphatic carbocycles. The van der Waals surface area contributed by atoms with Crippen molar-refractivity contribution < 1.29 is 23.1 Å². The van der Waals surface area contributed by atoms with E-state index in [0.29, 0.717) is 17.3 Å². The first kappa shape index (κ1) is 18.8. The highest BCUT2D eigenvalue weighted by molar-refractivity contribution is 6.09. The summed E-state index contributed by atoms with van der Waals surface area (Å²) in [7, 11) is 0. The number of anilines is 1. The Hall–Kier alpha value is -3.53. The second kappa shape index (κ2) is 8.53. The van der Waals surface area contributed by atoms with Crippen molar-refractivity contribution in [2.75, 3.05) is 11.9 Å². The van der Waals surface area contributed by atoms with Crippen LogP contribution in [0.2, 0.25) is 0 Å². The van der Waals surface area contributed by atoms with Gasteiger partial charge < -0.3 is 10.1 Å². The molecule has 0 bridgehead atoms. The lowest BCUT2D eigenvalue weighted by molar-refractivity contribution is -0.112. The first-order valence-corrected chi connectivity index (χ1v) is 7.60. The number of hydrogen-bond acceptors (Lipinski definition) is 4. The monoisotopic (exact) mass is 356 g/mol. The number of nitrogens with zero attached hydrogens (tertiary/aromatic N) is 1. The fourth-order valence-corrected chi connectivity index (χ4v) is 2.03. The van der Waals surface area contributed by atoms with E-state index in [9.17, 15) is 18.4 Å². The molecule has 2 aromatic carbocycles. The lowest BCUT2D eigenvalue weighted by Gasteiger charge is -2.06. The minimum absolute atomic E-state index is 0.0873. The molecule has 0 atom stereocenters. The van der Waals surface area contributed by atoms with E-state index < -0.39 is 23.5 Å². The molecule has 0 heterocycles. The van der Waals surface area contributed by atoms with Gasteiger partial charge in [-0.25, -0.2) is 13.6 Å². The molecule has 132 valence electrons. The van der Waals surface area contributed by atoms with E-state index in [0.717, 1.165) is 18.2 Å². The fourth-order valence-electron chi connectivity index (χ4n) is 2.03. The van der Waals surface area contributed by atoms with Crippen molar-refractivity contribution in [2.45, 2.75) is 6.92 Å². The Morgan fingerprint density at radius 2 is 1.88 bits per heavy atom. The van der Waals surface area contributed by atoms with Crippen molar-refractivity contribution in [2.24, 2.45) is 0 Å². The highest BCUT2D eigenvalue weighted by atomic mass is 19.1. The maximum atomic E-state index is 13.7. The number of nitrogens with one attached hydrogen (secondary N) is 1. The van der Waals surface area contributed by atoms with E-state index in [1.54, 1.807) is 13.0 Å². The van der Waals surface area contributed by atoms with Crippen LogP contribution in [0.5, 0.6) is 0 Å². The van der Waals surface area contributed by atoms with Crippen LogP contribution in [0, 0.1) is 23.0 Å². The lowest BCUT2D eigenvalue weighted by Crippen LogP contribution is -2.14. The van der Waals surface area contributed by atoms with Crippen LogP contribution in [-0.4, -0.2) is 18.5 Å². The number of rotatable bonds is 5. The first-order chi connectivity index (χ1) is 12.4. The van der Waals surface area contributed by atoms with Crippen LogP contribution in [-0.2, 0) is 9.53 Å². The van der Waals surface area contributed by atoms with Crippen LogP contribution < -0.4 is 5.32 Å². The Labute approximate surface area is 148 Å². The number of nitriles is 1. The molecule has 7 heteroatoms. The molecule has 0 unspecified atom stereocenters. The summed E-state index contributed by atoms with van der Waals surface area (Å²) in [4.78, 5) is 23.7. The van der Waals surface area contributed by atoms with Gasteiger partial charge in [-0.3, -0.25) is 4.79 Å². The van der Waals surface area contributed by atoms with Crippen molar-refractivity contribution >= 4 is 23.6 Å². The molecule has 0 spiro atoms. The molecule has 0 saturated carbocycles. The topological polar surface area (TPSA) is 79.2 Å². The Kier molecular flexibility index (Phi) is 6.17. The molecule has 5 nitrogen and oxygen atoms in total. The summed E-state index contributed by atoms with van der Waals surface area (Å²) >= 11 is 0. The summed E-state index contributed by atoms with van der Waals surface area (Å²) < 4.78 is 31.4. The lowest BCUT2D eigenvalue weighted by atomic mass is 10.1. The van der Waals surface area contributed by atoms with Crippen molar-refractivity contribution in [3.05, 3.63) is 70.8 Å². The van der Waals surface area contributed by atoms with Gasteiger partial charge in [-0.15, -0.1) is 0 Å². The van der Waals surface area contributed by atoms with Crippen LogP contribution in [0.15, 0.2) is 48.0 Å². The third kappa shape index (κ3) is 4.74. The van der Waals surface area contributed by atoms with E-state index in [1.165, 1.54) is 24.3 Å². The van der Waals surface area contributed by atoms with Crippen molar-refractivity contribution in [1.29, 1.82) is 5.26 Å². The third-order valence-corrected chi connectivity index (χ3v) is 3.28. The van der Waals surface area contributed by atoms with Crippen LogP contribution in [0.3, 0.4) is 0 Å². The summed E-state index contributed by atoms with van der Waals surface area (Å²) in [5.41, 5.74) is 0.207. The van der Waals surface area contributed by atoms with Gasteiger partial charge in [0, 0.05) is 17.3 Å². The molecule has 26 heavy (non-hydrogen) atoms. The highest BCUT2D eigenvalue weighted by Crippen LogP contribution is 2.16. The Bertz CT molecular complexity index is 900. The number of halogens is 2. The SMILES string of the molecule is CCOC(=O)c1ccc(NC(=O)/C(C#N)=C/c2ccc(F)cc2F)cc1. The van der Waals surface area contributed by atoms with Crippen LogP contribution in [0.1, 0.15) is 22.8 Å². The zero-order valence-corrected chi connectivity index (χ0v) is 13.8. The number of benzene rings is 2. The molecule has 2 rings (SSSR count). The van der Waals surface area contributed by atoms with E-state index >= 15 is 0 Å². The Morgan fingerprint density at radius 3 is 2.46 bits per heavy atom. The maximum absolute atomic E-state index is 13.7. The normalized spacial score (nSPS) is 10.8. The van der Waals surface area contributed by atoms with Crippen LogP contribution in [0.4, 0.5) is 14.5 Å². The number of ether oxygens (including phenoxy) is 1. The summed E-state index contributed by atoms with van der Waals surface area (Å²) in [6, 6.07) is 10.3. The Morgan fingerprint density at radius 1 is 1.19 bits per heavy atom. The minimum Gasteiger partial charge on any atom is -0.462 e. The number of carbonyl (C=O) groups is 2. The van der Waals surface area contributed by atoms with Gasteiger partial charge in [-0.1, -0.05) is 0 Å². The molecule has 1 amide bonds. The smallest absolute Gasteiger partial charge is 0.338 e. The highest BCUT2D eigenvalue weighted by Gasteiger charge is 2.12. The van der Waals surface area contributed by atoms with Crippen LogP contribution in [0.25, 0.3) is 6.08 Å².